The van der Waals surface area contributed by atoms with Gasteiger partial charge < -0.3 is 9.30 Å². The summed E-state index contributed by atoms with van der Waals surface area (Å²) in [5, 5.41) is 0. The van der Waals surface area contributed by atoms with E-state index in [2.05, 4.69) is 4.85 Å². The summed E-state index contributed by atoms with van der Waals surface area (Å²) in [4.78, 5) is 16.1. The lowest BCUT2D eigenvalue weighted by atomic mass is 9.94. The quantitative estimate of drug-likeness (QED) is 0.329. The molecule has 0 saturated heterocycles. The van der Waals surface area contributed by atoms with Gasteiger partial charge in [-0.2, -0.15) is 0 Å². The topological polar surface area (TPSA) is 35.6 Å². The van der Waals surface area contributed by atoms with Crippen molar-refractivity contribution in [3.63, 3.8) is 0 Å². The average molecular weight is 446 g/mol. The number of benzene rings is 3. The molecule has 0 aliphatic rings. The Morgan fingerprint density at radius 1 is 0.727 bits per heavy atom. The molecule has 0 spiro atoms. The highest BCUT2D eigenvalue weighted by Gasteiger charge is 2.30. The zero-order valence-corrected chi connectivity index (χ0v) is 17.2. The van der Waals surface area contributed by atoms with E-state index in [1.165, 1.54) is 53.1 Å². The second-order valence-corrected chi connectivity index (χ2v) is 7.28. The predicted molar refractivity (Wildman–Crippen MR) is 118 cm³/mol. The van der Waals surface area contributed by atoms with Crippen LogP contribution in [-0.4, -0.2) is 4.57 Å². The molecule has 0 aliphatic heterocycles. The molecule has 4 aromatic rings. The molecule has 0 radical (unpaired) electrons. The van der Waals surface area contributed by atoms with Gasteiger partial charge in [-0.25, -0.2) is 18.0 Å². The third-order valence-corrected chi connectivity index (χ3v) is 5.13. The van der Waals surface area contributed by atoms with Crippen LogP contribution in [0.2, 0.25) is 0 Å². The lowest BCUT2D eigenvalue weighted by molar-refractivity contribution is 0.155. The Morgan fingerprint density at radius 2 is 1.27 bits per heavy atom. The molecule has 164 valence electrons. The van der Waals surface area contributed by atoms with Gasteiger partial charge in [-0.3, -0.25) is 4.79 Å². The van der Waals surface area contributed by atoms with E-state index in [1.54, 1.807) is 24.3 Å². The van der Waals surface area contributed by atoms with Gasteiger partial charge in [0.25, 0.3) is 5.56 Å². The number of hydrogen-bond acceptors (Lipinski definition) is 2. The van der Waals surface area contributed by atoms with Gasteiger partial charge >= 0.3 is 0 Å². The molecule has 0 aliphatic carbocycles. The summed E-state index contributed by atoms with van der Waals surface area (Å²) in [7, 11) is 0. The highest BCUT2D eigenvalue weighted by molar-refractivity contribution is 5.47. The molecule has 1 aromatic heterocycles. The van der Waals surface area contributed by atoms with Crippen LogP contribution in [0.5, 0.6) is 5.75 Å². The van der Waals surface area contributed by atoms with Crippen molar-refractivity contribution in [2.75, 3.05) is 0 Å². The SMILES string of the molecule is [C-]#[N+]c1ccc(O[C@H](c2ccc(F)cc2)[C@@H](c2ccc(F)cc2)n2cc(F)ccc2=O)cc1. The molecule has 1 heterocycles. The van der Waals surface area contributed by atoms with Crippen molar-refractivity contribution in [3.05, 3.63) is 141 Å². The molecule has 4 nitrogen and oxygen atoms in total. The van der Waals surface area contributed by atoms with E-state index in [9.17, 15) is 18.0 Å². The van der Waals surface area contributed by atoms with Crippen LogP contribution in [0.3, 0.4) is 0 Å². The van der Waals surface area contributed by atoms with Crippen LogP contribution in [0.25, 0.3) is 4.85 Å². The van der Waals surface area contributed by atoms with Crippen molar-refractivity contribution in [2.24, 2.45) is 0 Å². The van der Waals surface area contributed by atoms with Gasteiger partial charge in [-0.05, 0) is 53.6 Å². The fourth-order valence-corrected chi connectivity index (χ4v) is 3.55. The van der Waals surface area contributed by atoms with E-state index in [1.807, 2.05) is 0 Å². The average Bonchev–Trinajstić information content (AvgIpc) is 2.83. The van der Waals surface area contributed by atoms with Gasteiger partial charge in [0.2, 0.25) is 0 Å². The van der Waals surface area contributed by atoms with E-state index in [-0.39, 0.29) is 0 Å². The molecule has 0 bridgehead atoms. The van der Waals surface area contributed by atoms with E-state index in [0.29, 0.717) is 22.6 Å². The summed E-state index contributed by atoms with van der Waals surface area (Å²) in [6, 6.07) is 18.5. The van der Waals surface area contributed by atoms with Gasteiger partial charge in [-0.15, -0.1) is 0 Å². The Kier molecular flexibility index (Phi) is 6.27. The zero-order chi connectivity index (χ0) is 23.4. The second-order valence-electron chi connectivity index (χ2n) is 7.28. The zero-order valence-electron chi connectivity index (χ0n) is 17.2. The minimum atomic E-state index is -0.922. The highest BCUT2D eigenvalue weighted by Crippen LogP contribution is 2.36. The van der Waals surface area contributed by atoms with E-state index in [4.69, 9.17) is 11.3 Å². The van der Waals surface area contributed by atoms with Crippen molar-refractivity contribution >= 4 is 5.69 Å². The Labute approximate surface area is 188 Å². The van der Waals surface area contributed by atoms with Crippen LogP contribution in [-0.2, 0) is 0 Å². The third kappa shape index (κ3) is 4.96. The number of ether oxygens (including phenoxy) is 1. The summed E-state index contributed by atoms with van der Waals surface area (Å²) >= 11 is 0. The molecule has 0 unspecified atom stereocenters. The number of aromatic nitrogens is 1. The van der Waals surface area contributed by atoms with Crippen LogP contribution >= 0.6 is 0 Å². The number of pyridine rings is 1. The maximum absolute atomic E-state index is 14.2. The molecule has 2 atom stereocenters. The van der Waals surface area contributed by atoms with Crippen LogP contribution in [0, 0.1) is 24.0 Å². The normalized spacial score (nSPS) is 12.5. The van der Waals surface area contributed by atoms with E-state index >= 15 is 0 Å². The summed E-state index contributed by atoms with van der Waals surface area (Å²) in [6.45, 7) is 7.11. The number of rotatable bonds is 6. The maximum atomic E-state index is 14.2. The van der Waals surface area contributed by atoms with Crippen LogP contribution in [0.1, 0.15) is 23.3 Å². The Balaban J connectivity index is 1.90. The maximum Gasteiger partial charge on any atom is 0.251 e. The van der Waals surface area contributed by atoms with Crippen molar-refractivity contribution < 1.29 is 17.9 Å². The molecule has 4 rings (SSSR count). The Bertz CT molecular complexity index is 1340. The van der Waals surface area contributed by atoms with Crippen molar-refractivity contribution in [1.29, 1.82) is 0 Å². The highest BCUT2D eigenvalue weighted by atomic mass is 19.1. The van der Waals surface area contributed by atoms with Gasteiger partial charge in [0.1, 0.15) is 35.3 Å². The number of halogens is 3. The number of nitrogens with zero attached hydrogens (tertiary/aromatic N) is 2. The first-order chi connectivity index (χ1) is 15.9. The molecular weight excluding hydrogens is 429 g/mol. The first-order valence-electron chi connectivity index (χ1n) is 9.97. The second kappa shape index (κ2) is 9.45. The van der Waals surface area contributed by atoms with E-state index < -0.39 is 35.2 Å². The van der Waals surface area contributed by atoms with Crippen LogP contribution in [0.4, 0.5) is 18.9 Å². The lowest BCUT2D eigenvalue weighted by Crippen LogP contribution is -2.31. The largest absolute Gasteiger partial charge is 0.483 e. The summed E-state index contributed by atoms with van der Waals surface area (Å²) in [5.41, 5.74) is 0.911. The molecule has 7 heteroatoms. The first-order valence-corrected chi connectivity index (χ1v) is 9.97. The minimum Gasteiger partial charge on any atom is -0.483 e. The lowest BCUT2D eigenvalue weighted by Gasteiger charge is -2.30. The molecular formula is C26H17F3N2O2. The Morgan fingerprint density at radius 3 is 1.85 bits per heavy atom. The molecule has 0 amide bonds. The van der Waals surface area contributed by atoms with Crippen molar-refractivity contribution in [1.82, 2.24) is 4.57 Å². The number of hydrogen-bond donors (Lipinski definition) is 0. The minimum absolute atomic E-state index is 0.383. The van der Waals surface area contributed by atoms with Gasteiger partial charge in [-0.1, -0.05) is 36.4 Å². The molecule has 33 heavy (non-hydrogen) atoms. The molecule has 0 N–H and O–H groups in total. The third-order valence-electron chi connectivity index (χ3n) is 5.13. The fraction of sp³-hybridized carbons (Fsp3) is 0.0769. The molecule has 0 saturated carbocycles. The Hall–Kier alpha value is -4.31. The van der Waals surface area contributed by atoms with Gasteiger partial charge in [0.15, 0.2) is 5.69 Å². The summed E-state index contributed by atoms with van der Waals surface area (Å²) in [5.74, 6) is -1.19. The molecule has 3 aromatic carbocycles. The van der Waals surface area contributed by atoms with E-state index in [0.717, 1.165) is 18.3 Å². The smallest absolute Gasteiger partial charge is 0.251 e. The van der Waals surface area contributed by atoms with Crippen LogP contribution in [0.15, 0.2) is 95.9 Å². The van der Waals surface area contributed by atoms with Gasteiger partial charge in [0, 0.05) is 12.3 Å². The van der Waals surface area contributed by atoms with Crippen molar-refractivity contribution in [2.45, 2.75) is 12.1 Å². The monoisotopic (exact) mass is 446 g/mol. The summed E-state index contributed by atoms with van der Waals surface area (Å²) < 4.78 is 48.9. The first kappa shape index (κ1) is 21.9. The van der Waals surface area contributed by atoms with Gasteiger partial charge in [0.05, 0.1) is 6.57 Å². The molecule has 0 fully saturated rings. The fourth-order valence-electron chi connectivity index (χ4n) is 3.55. The van der Waals surface area contributed by atoms with Crippen LogP contribution < -0.4 is 10.3 Å². The standard InChI is InChI=1S/C26H17F3N2O2/c1-30-22-11-13-23(14-12-22)33-26(18-4-8-20(28)9-5-18)25(17-2-6-19(27)7-3-17)31-16-21(29)10-15-24(31)32/h2-16,25-26H/t25-,26-/m1/s1. The van der Waals surface area contributed by atoms with Crippen molar-refractivity contribution in [3.8, 4) is 5.75 Å². The predicted octanol–water partition coefficient (Wildman–Crippen LogP) is 6.23. The summed E-state index contributed by atoms with van der Waals surface area (Å²) in [6.07, 6.45) is 0.132.